The van der Waals surface area contributed by atoms with Crippen molar-refractivity contribution >= 4 is 11.6 Å². The highest BCUT2D eigenvalue weighted by Crippen LogP contribution is 2.11. The number of carbonyl (C=O) groups is 1. The van der Waals surface area contributed by atoms with Crippen LogP contribution >= 0.6 is 0 Å². The van der Waals surface area contributed by atoms with Crippen LogP contribution in [0.2, 0.25) is 0 Å². The summed E-state index contributed by atoms with van der Waals surface area (Å²) in [5, 5.41) is 2.99. The second kappa shape index (κ2) is 6.57. The molecule has 2 rings (SSSR count). The van der Waals surface area contributed by atoms with Gasteiger partial charge in [-0.25, -0.2) is 0 Å². The molecule has 1 amide bonds. The number of carbonyl (C=O) groups excluding carboxylic acids is 1. The normalized spacial score (nSPS) is 17.9. The highest BCUT2D eigenvalue weighted by Gasteiger charge is 2.17. The number of nitrogens with two attached hydrogens (primary N) is 1. The molecule has 3 N–H and O–H groups in total. The van der Waals surface area contributed by atoms with Crippen LogP contribution in [-0.4, -0.2) is 36.5 Å². The van der Waals surface area contributed by atoms with Crippen molar-refractivity contribution in [3.63, 3.8) is 0 Å². The van der Waals surface area contributed by atoms with Gasteiger partial charge in [0, 0.05) is 23.8 Å². The summed E-state index contributed by atoms with van der Waals surface area (Å²) in [6, 6.07) is 7.43. The van der Waals surface area contributed by atoms with Crippen LogP contribution in [0, 0.1) is 0 Å². The smallest absolute Gasteiger partial charge is 0.251 e. The lowest BCUT2D eigenvalue weighted by Crippen LogP contribution is -2.44. The van der Waals surface area contributed by atoms with Crippen LogP contribution in [0.4, 0.5) is 5.69 Å². The number of likely N-dealkylation sites (tertiary alicyclic amines) is 1. The Balaban J connectivity index is 1.81. The largest absolute Gasteiger partial charge is 0.399 e. The molecule has 1 aromatic rings. The Labute approximate surface area is 115 Å². The minimum Gasteiger partial charge on any atom is -0.399 e. The van der Waals surface area contributed by atoms with Crippen LogP contribution in [0.1, 0.15) is 36.5 Å². The zero-order valence-corrected chi connectivity index (χ0v) is 11.6. The van der Waals surface area contributed by atoms with Gasteiger partial charge in [0.15, 0.2) is 0 Å². The molecule has 0 saturated carbocycles. The van der Waals surface area contributed by atoms with Crippen LogP contribution < -0.4 is 11.1 Å². The first-order valence-corrected chi connectivity index (χ1v) is 7.04. The number of rotatable bonds is 4. The lowest BCUT2D eigenvalue weighted by molar-refractivity contribution is 0.0930. The van der Waals surface area contributed by atoms with E-state index in [0.29, 0.717) is 23.8 Å². The van der Waals surface area contributed by atoms with E-state index >= 15 is 0 Å². The van der Waals surface area contributed by atoms with Crippen LogP contribution in [0.3, 0.4) is 0 Å². The summed E-state index contributed by atoms with van der Waals surface area (Å²) in [7, 11) is 0. The zero-order valence-electron chi connectivity index (χ0n) is 11.6. The number of anilines is 1. The van der Waals surface area contributed by atoms with Crippen molar-refractivity contribution in [3.8, 4) is 0 Å². The van der Waals surface area contributed by atoms with E-state index in [1.807, 2.05) is 0 Å². The van der Waals surface area contributed by atoms with Crippen molar-refractivity contribution < 1.29 is 4.79 Å². The van der Waals surface area contributed by atoms with Gasteiger partial charge in [0.05, 0.1) is 0 Å². The summed E-state index contributed by atoms with van der Waals surface area (Å²) in [6.07, 6.45) is 3.88. The molecule has 1 fully saturated rings. The maximum Gasteiger partial charge on any atom is 0.251 e. The third-order valence-corrected chi connectivity index (χ3v) is 3.74. The number of nitrogens with one attached hydrogen (secondary N) is 1. The second-order valence-electron chi connectivity index (χ2n) is 5.28. The molecule has 0 aliphatic carbocycles. The number of nitrogens with zero attached hydrogens (tertiary/aromatic N) is 1. The van der Waals surface area contributed by atoms with E-state index in [2.05, 4.69) is 17.1 Å². The average Bonchev–Trinajstić information content (AvgIpc) is 2.46. The Hall–Kier alpha value is -1.55. The number of hydrogen-bond acceptors (Lipinski definition) is 3. The Morgan fingerprint density at radius 2 is 1.89 bits per heavy atom. The van der Waals surface area contributed by atoms with Crippen molar-refractivity contribution in [1.82, 2.24) is 10.2 Å². The molecule has 1 saturated heterocycles. The molecule has 1 aromatic carbocycles. The maximum absolute atomic E-state index is 12.0. The number of amides is 1. The molecule has 0 spiro atoms. The Morgan fingerprint density at radius 3 is 2.53 bits per heavy atom. The van der Waals surface area contributed by atoms with Gasteiger partial charge in [-0.05, 0) is 57.1 Å². The zero-order chi connectivity index (χ0) is 13.7. The molecule has 1 heterocycles. The molecule has 4 heteroatoms. The van der Waals surface area contributed by atoms with Gasteiger partial charge in [-0.1, -0.05) is 6.42 Å². The van der Waals surface area contributed by atoms with E-state index in [-0.39, 0.29) is 5.91 Å². The maximum atomic E-state index is 12.0. The molecule has 0 radical (unpaired) electrons. The van der Waals surface area contributed by atoms with Crippen LogP contribution in [-0.2, 0) is 0 Å². The predicted octanol–water partition coefficient (Wildman–Crippen LogP) is 1.87. The Bertz CT molecular complexity index is 410. The minimum atomic E-state index is -0.0242. The van der Waals surface area contributed by atoms with E-state index in [0.717, 1.165) is 13.1 Å². The fourth-order valence-electron chi connectivity index (χ4n) is 2.47. The average molecular weight is 261 g/mol. The lowest BCUT2D eigenvalue weighted by atomic mass is 10.1. The molecule has 4 nitrogen and oxygen atoms in total. The Kier molecular flexibility index (Phi) is 4.80. The molecule has 19 heavy (non-hydrogen) atoms. The van der Waals surface area contributed by atoms with E-state index in [9.17, 15) is 4.79 Å². The molecule has 1 unspecified atom stereocenters. The van der Waals surface area contributed by atoms with Gasteiger partial charge in [-0.2, -0.15) is 0 Å². The van der Waals surface area contributed by atoms with E-state index < -0.39 is 0 Å². The second-order valence-corrected chi connectivity index (χ2v) is 5.28. The molecular weight excluding hydrogens is 238 g/mol. The van der Waals surface area contributed by atoms with Crippen LogP contribution in [0.5, 0.6) is 0 Å². The van der Waals surface area contributed by atoms with Gasteiger partial charge in [0.25, 0.3) is 5.91 Å². The standard InChI is InChI=1S/C15H23N3O/c1-12(18-9-3-2-4-10-18)11-17-15(19)13-5-7-14(16)8-6-13/h5-8,12H,2-4,9-11,16H2,1H3,(H,17,19). The van der Waals surface area contributed by atoms with Gasteiger partial charge in [-0.3, -0.25) is 9.69 Å². The summed E-state index contributed by atoms with van der Waals surface area (Å²) in [5.41, 5.74) is 6.95. The SMILES string of the molecule is CC(CNC(=O)c1ccc(N)cc1)N1CCCCC1. The number of benzene rings is 1. The molecule has 1 atom stereocenters. The van der Waals surface area contributed by atoms with Crippen LogP contribution in [0.25, 0.3) is 0 Å². The molecule has 0 bridgehead atoms. The molecular formula is C15H23N3O. The van der Waals surface area contributed by atoms with Crippen molar-refractivity contribution in [2.24, 2.45) is 0 Å². The number of hydrogen-bond donors (Lipinski definition) is 2. The number of piperidine rings is 1. The summed E-state index contributed by atoms with van der Waals surface area (Å²) in [5.74, 6) is -0.0242. The minimum absolute atomic E-state index is 0.0242. The third kappa shape index (κ3) is 3.96. The molecule has 1 aliphatic rings. The highest BCUT2D eigenvalue weighted by atomic mass is 16.1. The predicted molar refractivity (Wildman–Crippen MR) is 78.1 cm³/mol. The molecule has 104 valence electrons. The van der Waals surface area contributed by atoms with Gasteiger partial charge >= 0.3 is 0 Å². The lowest BCUT2D eigenvalue weighted by Gasteiger charge is -2.32. The fraction of sp³-hybridized carbons (Fsp3) is 0.533. The van der Waals surface area contributed by atoms with Gasteiger partial charge in [0.1, 0.15) is 0 Å². The first kappa shape index (κ1) is 13.9. The Morgan fingerprint density at radius 1 is 1.26 bits per heavy atom. The molecule has 0 aromatic heterocycles. The van der Waals surface area contributed by atoms with E-state index in [1.165, 1.54) is 19.3 Å². The van der Waals surface area contributed by atoms with Crippen LogP contribution in [0.15, 0.2) is 24.3 Å². The van der Waals surface area contributed by atoms with E-state index in [4.69, 9.17) is 5.73 Å². The fourth-order valence-corrected chi connectivity index (χ4v) is 2.47. The van der Waals surface area contributed by atoms with Crippen molar-refractivity contribution in [3.05, 3.63) is 29.8 Å². The summed E-state index contributed by atoms with van der Waals surface area (Å²) in [6.45, 7) is 5.18. The van der Waals surface area contributed by atoms with Gasteiger partial charge in [0.2, 0.25) is 0 Å². The monoisotopic (exact) mass is 261 g/mol. The van der Waals surface area contributed by atoms with Crippen molar-refractivity contribution in [1.29, 1.82) is 0 Å². The quantitative estimate of drug-likeness (QED) is 0.814. The first-order chi connectivity index (χ1) is 9.16. The summed E-state index contributed by atoms with van der Waals surface area (Å²) in [4.78, 5) is 14.4. The van der Waals surface area contributed by atoms with Crippen molar-refractivity contribution in [2.45, 2.75) is 32.2 Å². The number of nitrogen functional groups attached to an aromatic ring is 1. The van der Waals surface area contributed by atoms with Gasteiger partial charge in [-0.15, -0.1) is 0 Å². The summed E-state index contributed by atoms with van der Waals surface area (Å²) < 4.78 is 0. The third-order valence-electron chi connectivity index (χ3n) is 3.74. The van der Waals surface area contributed by atoms with Gasteiger partial charge < -0.3 is 11.1 Å². The summed E-state index contributed by atoms with van der Waals surface area (Å²) >= 11 is 0. The first-order valence-electron chi connectivity index (χ1n) is 7.04. The van der Waals surface area contributed by atoms with E-state index in [1.54, 1.807) is 24.3 Å². The topological polar surface area (TPSA) is 58.4 Å². The van der Waals surface area contributed by atoms with Crippen molar-refractivity contribution in [2.75, 3.05) is 25.4 Å². The molecule has 1 aliphatic heterocycles. The highest BCUT2D eigenvalue weighted by molar-refractivity contribution is 5.94.